The summed E-state index contributed by atoms with van der Waals surface area (Å²) in [4.78, 5) is 10.3. The second-order valence-electron chi connectivity index (χ2n) is 3.81. The van der Waals surface area contributed by atoms with Gasteiger partial charge in [0.15, 0.2) is 0 Å². The number of aliphatic carboxylic acids is 1. The van der Waals surface area contributed by atoms with Crippen LogP contribution in [0, 0.1) is 6.92 Å². The summed E-state index contributed by atoms with van der Waals surface area (Å²) in [6, 6.07) is 6.07. The molecule has 0 bridgehead atoms. The van der Waals surface area contributed by atoms with Gasteiger partial charge in [0.25, 0.3) is 0 Å². The van der Waals surface area contributed by atoms with Crippen LogP contribution in [0.4, 0.5) is 0 Å². The van der Waals surface area contributed by atoms with Crippen LogP contribution in [0.25, 0.3) is 0 Å². The molecule has 0 fully saturated rings. The summed E-state index contributed by atoms with van der Waals surface area (Å²) in [6.45, 7) is 4.65. The number of rotatable bonds is 6. The van der Waals surface area contributed by atoms with Crippen molar-refractivity contribution in [2.24, 2.45) is 0 Å². The normalized spacial score (nSPS) is 10.7. The van der Waals surface area contributed by atoms with Gasteiger partial charge < -0.3 is 9.84 Å². The molecular weight excluding hydrogens is 216 g/mol. The van der Waals surface area contributed by atoms with Gasteiger partial charge in [0, 0.05) is 6.08 Å². The average Bonchev–Trinajstić information content (AvgIpc) is 2.28. The van der Waals surface area contributed by atoms with Crippen LogP contribution in [0.15, 0.2) is 30.4 Å². The minimum Gasteiger partial charge on any atom is -0.494 e. The van der Waals surface area contributed by atoms with Crippen LogP contribution < -0.4 is 4.74 Å². The Morgan fingerprint density at radius 2 is 2.24 bits per heavy atom. The van der Waals surface area contributed by atoms with E-state index in [2.05, 4.69) is 6.07 Å². The molecule has 17 heavy (non-hydrogen) atoms. The predicted octanol–water partition coefficient (Wildman–Crippen LogP) is 2.97. The Morgan fingerprint density at radius 1 is 1.47 bits per heavy atom. The third-order valence-electron chi connectivity index (χ3n) is 2.40. The van der Waals surface area contributed by atoms with Gasteiger partial charge in [-0.1, -0.05) is 18.2 Å². The predicted molar refractivity (Wildman–Crippen MR) is 67.4 cm³/mol. The maximum absolute atomic E-state index is 10.3. The molecule has 0 radical (unpaired) electrons. The molecule has 0 saturated carbocycles. The molecule has 0 aliphatic carbocycles. The van der Waals surface area contributed by atoms with E-state index in [-0.39, 0.29) is 0 Å². The maximum atomic E-state index is 10.3. The van der Waals surface area contributed by atoms with E-state index in [9.17, 15) is 4.79 Å². The second-order valence-corrected chi connectivity index (χ2v) is 3.81. The molecular formula is C14H18O3. The highest BCUT2D eigenvalue weighted by molar-refractivity contribution is 5.79. The number of allylic oxidation sites excluding steroid dienone is 1. The molecule has 0 amide bonds. The van der Waals surface area contributed by atoms with Gasteiger partial charge in [-0.2, -0.15) is 0 Å². The van der Waals surface area contributed by atoms with E-state index in [0.717, 1.165) is 24.2 Å². The van der Waals surface area contributed by atoms with Gasteiger partial charge in [-0.3, -0.25) is 0 Å². The van der Waals surface area contributed by atoms with Gasteiger partial charge in [0.1, 0.15) is 5.75 Å². The highest BCUT2D eigenvalue weighted by atomic mass is 16.5. The fourth-order valence-electron chi connectivity index (χ4n) is 1.62. The molecule has 0 aromatic heterocycles. The van der Waals surface area contributed by atoms with E-state index in [0.29, 0.717) is 6.61 Å². The molecule has 0 aliphatic heterocycles. The minimum absolute atomic E-state index is 0.668. The van der Waals surface area contributed by atoms with Crippen LogP contribution in [0.3, 0.4) is 0 Å². The highest BCUT2D eigenvalue weighted by Crippen LogP contribution is 2.19. The molecule has 1 rings (SSSR count). The first-order valence-electron chi connectivity index (χ1n) is 5.75. The van der Waals surface area contributed by atoms with Crippen LogP contribution in [-0.4, -0.2) is 17.7 Å². The molecule has 3 heteroatoms. The Kier molecular flexibility index (Phi) is 5.27. The first-order chi connectivity index (χ1) is 8.13. The van der Waals surface area contributed by atoms with E-state index in [1.807, 2.05) is 26.0 Å². The van der Waals surface area contributed by atoms with Gasteiger partial charge in [-0.05, 0) is 43.9 Å². The topological polar surface area (TPSA) is 46.5 Å². The van der Waals surface area contributed by atoms with E-state index in [4.69, 9.17) is 9.84 Å². The van der Waals surface area contributed by atoms with Crippen LogP contribution in [-0.2, 0) is 11.2 Å². The van der Waals surface area contributed by atoms with Gasteiger partial charge in [0.05, 0.1) is 6.61 Å². The first-order valence-corrected chi connectivity index (χ1v) is 5.75. The van der Waals surface area contributed by atoms with Crippen LogP contribution >= 0.6 is 0 Å². The summed E-state index contributed by atoms with van der Waals surface area (Å²) in [5.74, 6) is 0.0187. The zero-order chi connectivity index (χ0) is 12.7. The van der Waals surface area contributed by atoms with Gasteiger partial charge in [-0.15, -0.1) is 0 Å². The van der Waals surface area contributed by atoms with Crippen molar-refractivity contribution in [3.8, 4) is 5.75 Å². The van der Waals surface area contributed by atoms with Crippen LogP contribution in [0.5, 0.6) is 5.75 Å². The van der Waals surface area contributed by atoms with Gasteiger partial charge >= 0.3 is 5.97 Å². The minimum atomic E-state index is -0.895. The summed E-state index contributed by atoms with van der Waals surface area (Å²) >= 11 is 0. The number of hydrogen-bond acceptors (Lipinski definition) is 2. The molecule has 92 valence electrons. The molecule has 0 unspecified atom stereocenters. The van der Waals surface area contributed by atoms with Crippen molar-refractivity contribution in [3.05, 3.63) is 41.5 Å². The highest BCUT2D eigenvalue weighted by Gasteiger charge is 2.00. The maximum Gasteiger partial charge on any atom is 0.327 e. The summed E-state index contributed by atoms with van der Waals surface area (Å²) in [6.07, 6.45) is 4.44. The van der Waals surface area contributed by atoms with E-state index >= 15 is 0 Å². The Hall–Kier alpha value is -1.77. The standard InChI is InChI=1S/C14H18O3/c1-3-17-13-9-8-12(10-11(13)2)6-4-5-7-14(15)16/h5,7-10H,3-4,6H2,1-2H3,(H,15,16)/b7-5+. The number of carboxylic acids is 1. The van der Waals surface area contributed by atoms with E-state index in [1.165, 1.54) is 11.6 Å². The summed E-state index contributed by atoms with van der Waals surface area (Å²) in [7, 11) is 0. The molecule has 0 saturated heterocycles. The van der Waals surface area contributed by atoms with Crippen molar-refractivity contribution in [3.63, 3.8) is 0 Å². The van der Waals surface area contributed by atoms with Crippen molar-refractivity contribution < 1.29 is 14.6 Å². The molecule has 0 atom stereocenters. The number of aryl methyl sites for hydroxylation is 2. The Morgan fingerprint density at radius 3 is 2.82 bits per heavy atom. The van der Waals surface area contributed by atoms with E-state index < -0.39 is 5.97 Å². The van der Waals surface area contributed by atoms with Crippen molar-refractivity contribution in [1.29, 1.82) is 0 Å². The molecule has 0 spiro atoms. The largest absolute Gasteiger partial charge is 0.494 e. The molecule has 1 aromatic rings. The summed E-state index contributed by atoms with van der Waals surface area (Å²) in [5, 5.41) is 8.45. The van der Waals surface area contributed by atoms with Crippen molar-refractivity contribution in [2.75, 3.05) is 6.61 Å². The number of hydrogen-bond donors (Lipinski definition) is 1. The lowest BCUT2D eigenvalue weighted by atomic mass is 10.1. The van der Waals surface area contributed by atoms with Crippen molar-refractivity contribution in [1.82, 2.24) is 0 Å². The number of ether oxygens (including phenoxy) is 1. The van der Waals surface area contributed by atoms with Gasteiger partial charge in [-0.25, -0.2) is 4.79 Å². The van der Waals surface area contributed by atoms with Crippen molar-refractivity contribution in [2.45, 2.75) is 26.7 Å². The Bertz CT molecular complexity index is 408. The third-order valence-corrected chi connectivity index (χ3v) is 2.40. The quantitative estimate of drug-likeness (QED) is 0.770. The number of carboxylic acid groups (broad SMARTS) is 1. The van der Waals surface area contributed by atoms with Gasteiger partial charge in [0.2, 0.25) is 0 Å². The molecule has 0 aliphatic rings. The third kappa shape index (κ3) is 4.72. The first kappa shape index (κ1) is 13.3. The molecule has 1 N–H and O–H groups in total. The zero-order valence-electron chi connectivity index (χ0n) is 10.3. The van der Waals surface area contributed by atoms with Crippen LogP contribution in [0.1, 0.15) is 24.5 Å². The summed E-state index contributed by atoms with van der Waals surface area (Å²) < 4.78 is 5.46. The Labute approximate surface area is 102 Å². The SMILES string of the molecule is CCOc1ccc(CC/C=C/C(=O)O)cc1C. The monoisotopic (exact) mass is 234 g/mol. The molecule has 3 nitrogen and oxygen atoms in total. The number of benzene rings is 1. The zero-order valence-corrected chi connectivity index (χ0v) is 10.3. The summed E-state index contributed by atoms with van der Waals surface area (Å²) in [5.41, 5.74) is 2.31. The molecule has 1 aromatic carbocycles. The number of carbonyl (C=O) groups is 1. The van der Waals surface area contributed by atoms with Crippen molar-refractivity contribution >= 4 is 5.97 Å². The smallest absolute Gasteiger partial charge is 0.327 e. The lowest BCUT2D eigenvalue weighted by Crippen LogP contribution is -1.95. The Balaban J connectivity index is 2.55. The fourth-order valence-corrected chi connectivity index (χ4v) is 1.62. The van der Waals surface area contributed by atoms with Crippen LogP contribution in [0.2, 0.25) is 0 Å². The van der Waals surface area contributed by atoms with E-state index in [1.54, 1.807) is 6.08 Å². The fraction of sp³-hybridized carbons (Fsp3) is 0.357. The lowest BCUT2D eigenvalue weighted by molar-refractivity contribution is -0.131. The molecule has 0 heterocycles. The average molecular weight is 234 g/mol. The lowest BCUT2D eigenvalue weighted by Gasteiger charge is -2.08. The second kappa shape index (κ2) is 6.74.